The zero-order chi connectivity index (χ0) is 15.5. The fraction of sp³-hybridized carbons (Fsp3) is 0.562. The third-order valence-corrected chi connectivity index (χ3v) is 5.22. The number of hydrogen-bond donors (Lipinski definition) is 1. The summed E-state index contributed by atoms with van der Waals surface area (Å²) in [4.78, 5) is 6.11. The molecule has 1 N–H and O–H groups in total. The second-order valence-corrected chi connectivity index (χ2v) is 7.97. The molecule has 1 unspecified atom stereocenters. The predicted molar refractivity (Wildman–Crippen MR) is 91.8 cm³/mol. The van der Waals surface area contributed by atoms with Crippen molar-refractivity contribution in [1.29, 1.82) is 0 Å². The number of nitrogens with one attached hydrogen (secondary N) is 1. The van der Waals surface area contributed by atoms with Crippen molar-refractivity contribution < 1.29 is 4.74 Å². The number of nitrogens with zero attached hydrogens (tertiary/aromatic N) is 1. The molecule has 5 heteroatoms. The van der Waals surface area contributed by atoms with Crippen LogP contribution in [0.1, 0.15) is 49.3 Å². The van der Waals surface area contributed by atoms with E-state index in [2.05, 4.69) is 49.8 Å². The predicted octanol–water partition coefficient (Wildman–Crippen LogP) is 4.40. The van der Waals surface area contributed by atoms with Crippen molar-refractivity contribution in [2.24, 2.45) is 0 Å². The van der Waals surface area contributed by atoms with Crippen LogP contribution in [-0.2, 0) is 11.8 Å². The summed E-state index contributed by atoms with van der Waals surface area (Å²) in [7, 11) is 1.71. The van der Waals surface area contributed by atoms with Crippen LogP contribution in [0.15, 0.2) is 16.8 Å². The minimum atomic E-state index is 0.120. The lowest BCUT2D eigenvalue weighted by molar-refractivity contribution is 0.415. The zero-order valence-corrected chi connectivity index (χ0v) is 15.0. The first kappa shape index (κ1) is 16.5. The lowest BCUT2D eigenvalue weighted by atomic mass is 9.93. The lowest BCUT2D eigenvalue weighted by Gasteiger charge is -2.16. The van der Waals surface area contributed by atoms with E-state index >= 15 is 0 Å². The number of thiazole rings is 1. The average molecular weight is 325 g/mol. The van der Waals surface area contributed by atoms with Gasteiger partial charge in [0.25, 0.3) is 0 Å². The Morgan fingerprint density at radius 3 is 2.57 bits per heavy atom. The summed E-state index contributed by atoms with van der Waals surface area (Å²) >= 11 is 3.50. The van der Waals surface area contributed by atoms with E-state index < -0.39 is 0 Å². The molecule has 116 valence electrons. The Hall–Kier alpha value is -0.910. The van der Waals surface area contributed by atoms with Crippen LogP contribution in [0.4, 0.5) is 0 Å². The number of rotatable bonds is 6. The number of thiophene rings is 1. The highest BCUT2D eigenvalue weighted by Gasteiger charge is 2.20. The fourth-order valence-electron chi connectivity index (χ4n) is 2.07. The molecule has 0 saturated heterocycles. The Morgan fingerprint density at radius 1 is 1.29 bits per heavy atom. The molecule has 2 aromatic heterocycles. The molecule has 0 radical (unpaired) electrons. The quantitative estimate of drug-likeness (QED) is 0.855. The number of likely N-dealkylation sites (N-methyl/N-ethyl adjacent to an activating group) is 1. The van der Waals surface area contributed by atoms with Crippen LogP contribution in [-0.4, -0.2) is 18.6 Å². The van der Waals surface area contributed by atoms with Crippen LogP contribution < -0.4 is 10.1 Å². The lowest BCUT2D eigenvalue weighted by Crippen LogP contribution is -2.22. The van der Waals surface area contributed by atoms with Crippen molar-refractivity contribution >= 4 is 22.7 Å². The van der Waals surface area contributed by atoms with Crippen LogP contribution >= 0.6 is 22.7 Å². The minimum absolute atomic E-state index is 0.120. The van der Waals surface area contributed by atoms with Gasteiger partial charge in [0.15, 0.2) is 0 Å². The van der Waals surface area contributed by atoms with Crippen molar-refractivity contribution in [3.63, 3.8) is 0 Å². The first-order chi connectivity index (χ1) is 9.94. The Balaban J connectivity index is 2.14. The molecule has 2 heterocycles. The standard InChI is InChI=1S/C16H24N2OS2/c1-6-17-12(13-7-11(19-5)9-20-13)8-15-18-14(10-21-15)16(2,3)4/h7,9-10,12,17H,6,8H2,1-5H3. The van der Waals surface area contributed by atoms with Crippen LogP contribution in [0.2, 0.25) is 0 Å². The van der Waals surface area contributed by atoms with E-state index in [4.69, 9.17) is 9.72 Å². The average Bonchev–Trinajstić information content (AvgIpc) is 3.06. The molecule has 2 aromatic rings. The van der Waals surface area contributed by atoms with Gasteiger partial charge >= 0.3 is 0 Å². The summed E-state index contributed by atoms with van der Waals surface area (Å²) < 4.78 is 5.29. The Labute approximate surface area is 135 Å². The van der Waals surface area contributed by atoms with Gasteiger partial charge < -0.3 is 10.1 Å². The molecular weight excluding hydrogens is 300 g/mol. The summed E-state index contributed by atoms with van der Waals surface area (Å²) in [5.41, 5.74) is 1.30. The van der Waals surface area contributed by atoms with Gasteiger partial charge in [-0.3, -0.25) is 0 Å². The number of aromatic nitrogens is 1. The molecule has 0 spiro atoms. The molecule has 0 amide bonds. The number of ether oxygens (including phenoxy) is 1. The maximum Gasteiger partial charge on any atom is 0.129 e. The van der Waals surface area contributed by atoms with Gasteiger partial charge in [-0.2, -0.15) is 0 Å². The van der Waals surface area contributed by atoms with Gasteiger partial charge in [-0.25, -0.2) is 4.98 Å². The van der Waals surface area contributed by atoms with Gasteiger partial charge in [-0.05, 0) is 12.6 Å². The molecule has 2 rings (SSSR count). The van der Waals surface area contributed by atoms with Crippen LogP contribution in [0.5, 0.6) is 5.75 Å². The molecule has 0 aliphatic carbocycles. The molecule has 0 aliphatic heterocycles. The second-order valence-electron chi connectivity index (χ2n) is 6.08. The largest absolute Gasteiger partial charge is 0.496 e. The normalized spacial score (nSPS) is 13.4. The highest BCUT2D eigenvalue weighted by Crippen LogP contribution is 2.31. The summed E-state index contributed by atoms with van der Waals surface area (Å²) in [6.45, 7) is 9.70. The van der Waals surface area contributed by atoms with Gasteiger partial charge in [0.2, 0.25) is 0 Å². The van der Waals surface area contributed by atoms with Crippen molar-refractivity contribution in [3.8, 4) is 5.75 Å². The Morgan fingerprint density at radius 2 is 2.05 bits per heavy atom. The van der Waals surface area contributed by atoms with Gasteiger partial charge in [-0.1, -0.05) is 27.7 Å². The molecule has 0 bridgehead atoms. The fourth-order valence-corrected chi connectivity index (χ4v) is 4.07. The highest BCUT2D eigenvalue weighted by atomic mass is 32.1. The smallest absolute Gasteiger partial charge is 0.129 e. The van der Waals surface area contributed by atoms with Gasteiger partial charge in [0.1, 0.15) is 5.75 Å². The van der Waals surface area contributed by atoms with Gasteiger partial charge in [0.05, 0.1) is 17.8 Å². The molecule has 0 saturated carbocycles. The third-order valence-electron chi connectivity index (χ3n) is 3.32. The van der Waals surface area contributed by atoms with E-state index in [1.165, 1.54) is 15.6 Å². The second kappa shape index (κ2) is 6.90. The van der Waals surface area contributed by atoms with Crippen molar-refractivity contribution in [1.82, 2.24) is 10.3 Å². The van der Waals surface area contributed by atoms with E-state index in [1.807, 2.05) is 0 Å². The third kappa shape index (κ3) is 4.28. The van der Waals surface area contributed by atoms with E-state index in [0.717, 1.165) is 18.7 Å². The monoisotopic (exact) mass is 324 g/mol. The Kier molecular flexibility index (Phi) is 5.41. The van der Waals surface area contributed by atoms with Crippen molar-refractivity contribution in [2.45, 2.75) is 45.6 Å². The molecule has 0 fully saturated rings. The maximum atomic E-state index is 5.29. The van der Waals surface area contributed by atoms with E-state index in [0.29, 0.717) is 6.04 Å². The van der Waals surface area contributed by atoms with E-state index in [-0.39, 0.29) is 5.41 Å². The maximum absolute atomic E-state index is 5.29. The topological polar surface area (TPSA) is 34.2 Å². The van der Waals surface area contributed by atoms with Crippen LogP contribution in [0, 0.1) is 0 Å². The van der Waals surface area contributed by atoms with Gasteiger partial charge in [-0.15, -0.1) is 22.7 Å². The summed E-state index contributed by atoms with van der Waals surface area (Å²) in [5.74, 6) is 0.937. The molecule has 0 aromatic carbocycles. The van der Waals surface area contributed by atoms with E-state index in [9.17, 15) is 0 Å². The first-order valence-electron chi connectivity index (χ1n) is 7.24. The number of methoxy groups -OCH3 is 1. The summed E-state index contributed by atoms with van der Waals surface area (Å²) in [6, 6.07) is 2.43. The van der Waals surface area contributed by atoms with Crippen molar-refractivity contribution in [3.05, 3.63) is 32.4 Å². The van der Waals surface area contributed by atoms with Gasteiger partial charge in [0, 0.05) is 33.5 Å². The summed E-state index contributed by atoms with van der Waals surface area (Å²) in [5, 5.41) is 8.99. The highest BCUT2D eigenvalue weighted by molar-refractivity contribution is 7.10. The molecule has 1 atom stereocenters. The van der Waals surface area contributed by atoms with E-state index in [1.54, 1.807) is 29.8 Å². The summed E-state index contributed by atoms with van der Waals surface area (Å²) in [6.07, 6.45) is 0.929. The Bertz CT molecular complexity index is 569. The molecular formula is C16H24N2OS2. The molecule has 3 nitrogen and oxygen atoms in total. The van der Waals surface area contributed by atoms with Crippen LogP contribution in [0.3, 0.4) is 0 Å². The SMILES string of the molecule is CCNC(Cc1nc(C(C)(C)C)cs1)c1cc(OC)cs1. The number of hydrogen-bond acceptors (Lipinski definition) is 5. The molecule has 0 aliphatic rings. The minimum Gasteiger partial charge on any atom is -0.496 e. The zero-order valence-electron chi connectivity index (χ0n) is 13.4. The van der Waals surface area contributed by atoms with Crippen LogP contribution in [0.25, 0.3) is 0 Å². The first-order valence-corrected chi connectivity index (χ1v) is 9.00. The molecule has 21 heavy (non-hydrogen) atoms. The van der Waals surface area contributed by atoms with Crippen molar-refractivity contribution in [2.75, 3.05) is 13.7 Å².